The molecule has 0 bridgehead atoms. The normalized spacial score (nSPS) is 13.1. The van der Waals surface area contributed by atoms with E-state index in [1.54, 1.807) is 0 Å². The standard InChI is InChI=1S/C10H10BrCl2NO4S/c1-18-10(15)7(11)5-14-19(16,17)6-2-3-8(12)9(13)4-6/h2-4,7,14H,5H2,1H3. The van der Waals surface area contributed by atoms with Crippen LogP contribution in [-0.2, 0) is 19.6 Å². The van der Waals surface area contributed by atoms with E-state index in [2.05, 4.69) is 25.4 Å². The number of rotatable bonds is 5. The van der Waals surface area contributed by atoms with Gasteiger partial charge in [0.15, 0.2) is 0 Å². The van der Waals surface area contributed by atoms with Crippen LogP contribution in [0.4, 0.5) is 0 Å². The van der Waals surface area contributed by atoms with E-state index in [0.29, 0.717) is 0 Å². The van der Waals surface area contributed by atoms with E-state index in [4.69, 9.17) is 23.2 Å². The average Bonchev–Trinajstić information content (AvgIpc) is 2.38. The highest BCUT2D eigenvalue weighted by atomic mass is 79.9. The molecule has 106 valence electrons. The quantitative estimate of drug-likeness (QED) is 0.617. The Morgan fingerprint density at radius 3 is 2.58 bits per heavy atom. The van der Waals surface area contributed by atoms with E-state index < -0.39 is 20.8 Å². The van der Waals surface area contributed by atoms with Crippen LogP contribution in [0.1, 0.15) is 0 Å². The first-order chi connectivity index (χ1) is 8.77. The number of alkyl halides is 1. The summed E-state index contributed by atoms with van der Waals surface area (Å²) in [6.07, 6.45) is 0. The topological polar surface area (TPSA) is 72.5 Å². The minimum absolute atomic E-state index is 0.0357. The molecule has 0 saturated heterocycles. The van der Waals surface area contributed by atoms with Crippen LogP contribution >= 0.6 is 39.1 Å². The molecular formula is C10H10BrCl2NO4S. The zero-order chi connectivity index (χ0) is 14.6. The van der Waals surface area contributed by atoms with Crippen molar-refractivity contribution in [2.75, 3.05) is 13.7 Å². The minimum atomic E-state index is -3.77. The summed E-state index contributed by atoms with van der Waals surface area (Å²) in [6.45, 7) is -0.144. The van der Waals surface area contributed by atoms with E-state index in [9.17, 15) is 13.2 Å². The Balaban J connectivity index is 2.81. The first kappa shape index (κ1) is 16.7. The molecule has 1 aromatic rings. The summed E-state index contributed by atoms with van der Waals surface area (Å²) >= 11 is 14.5. The number of benzene rings is 1. The molecule has 9 heteroatoms. The van der Waals surface area contributed by atoms with Crippen LogP contribution in [0.2, 0.25) is 10.0 Å². The van der Waals surface area contributed by atoms with Gasteiger partial charge in [-0.3, -0.25) is 4.79 Å². The molecule has 1 aromatic carbocycles. The van der Waals surface area contributed by atoms with Crippen LogP contribution < -0.4 is 4.72 Å². The molecule has 0 aliphatic rings. The zero-order valence-corrected chi connectivity index (χ0v) is 13.6. The predicted octanol–water partition coefficient (Wildman–Crippen LogP) is 2.21. The van der Waals surface area contributed by atoms with Gasteiger partial charge in [0, 0.05) is 6.54 Å². The fourth-order valence-corrected chi connectivity index (χ4v) is 3.12. The van der Waals surface area contributed by atoms with Gasteiger partial charge in [0.05, 0.1) is 22.1 Å². The summed E-state index contributed by atoms with van der Waals surface area (Å²) < 4.78 is 30.6. The molecule has 0 heterocycles. The van der Waals surface area contributed by atoms with Crippen molar-refractivity contribution in [2.45, 2.75) is 9.72 Å². The van der Waals surface area contributed by atoms with E-state index in [1.165, 1.54) is 25.3 Å². The van der Waals surface area contributed by atoms with Crippen LogP contribution in [0, 0.1) is 0 Å². The molecule has 0 fully saturated rings. The van der Waals surface area contributed by atoms with Gasteiger partial charge in [-0.15, -0.1) is 0 Å². The number of halogens is 3. The van der Waals surface area contributed by atoms with Gasteiger partial charge in [0.2, 0.25) is 10.0 Å². The molecule has 1 rings (SSSR count). The number of sulfonamides is 1. The summed E-state index contributed by atoms with van der Waals surface area (Å²) in [5.41, 5.74) is 0. The molecule has 1 atom stereocenters. The largest absolute Gasteiger partial charge is 0.468 e. The smallest absolute Gasteiger partial charge is 0.320 e. The second-order valence-corrected chi connectivity index (χ2v) is 7.11. The lowest BCUT2D eigenvalue weighted by Crippen LogP contribution is -2.33. The van der Waals surface area contributed by atoms with Crippen molar-refractivity contribution in [1.29, 1.82) is 0 Å². The fraction of sp³-hybridized carbons (Fsp3) is 0.300. The molecule has 1 unspecified atom stereocenters. The Bertz CT molecular complexity index is 579. The molecular weight excluding hydrogens is 381 g/mol. The summed E-state index contributed by atoms with van der Waals surface area (Å²) in [5, 5.41) is 0.390. The molecule has 0 spiro atoms. The molecule has 1 N–H and O–H groups in total. The Morgan fingerprint density at radius 2 is 2.05 bits per heavy atom. The Hall–Kier alpha value is -0.340. The highest BCUT2D eigenvalue weighted by Gasteiger charge is 2.20. The number of hydrogen-bond donors (Lipinski definition) is 1. The third-order valence-electron chi connectivity index (χ3n) is 2.11. The third kappa shape index (κ3) is 4.61. The van der Waals surface area contributed by atoms with Crippen LogP contribution in [0.5, 0.6) is 0 Å². The van der Waals surface area contributed by atoms with Crippen molar-refractivity contribution < 1.29 is 17.9 Å². The van der Waals surface area contributed by atoms with E-state index >= 15 is 0 Å². The first-order valence-corrected chi connectivity index (χ1v) is 8.10. The Morgan fingerprint density at radius 1 is 1.42 bits per heavy atom. The van der Waals surface area contributed by atoms with Crippen LogP contribution in [0.15, 0.2) is 23.1 Å². The maximum absolute atomic E-state index is 11.9. The van der Waals surface area contributed by atoms with Crippen LogP contribution in [-0.4, -0.2) is 32.9 Å². The van der Waals surface area contributed by atoms with Crippen molar-refractivity contribution in [1.82, 2.24) is 4.72 Å². The van der Waals surface area contributed by atoms with Gasteiger partial charge in [-0.1, -0.05) is 39.1 Å². The fourth-order valence-electron chi connectivity index (χ4n) is 1.12. The molecule has 0 aromatic heterocycles. The monoisotopic (exact) mass is 389 g/mol. The molecule has 0 radical (unpaired) electrons. The Kier molecular flexibility index (Phi) is 6.07. The number of ether oxygens (including phenoxy) is 1. The highest BCUT2D eigenvalue weighted by molar-refractivity contribution is 9.10. The molecule has 0 amide bonds. The molecule has 19 heavy (non-hydrogen) atoms. The van der Waals surface area contributed by atoms with Gasteiger partial charge in [0.25, 0.3) is 0 Å². The SMILES string of the molecule is COC(=O)C(Br)CNS(=O)(=O)c1ccc(Cl)c(Cl)c1. The van der Waals surface area contributed by atoms with Crippen molar-refractivity contribution in [2.24, 2.45) is 0 Å². The molecule has 0 aliphatic heterocycles. The van der Waals surface area contributed by atoms with Gasteiger partial charge >= 0.3 is 5.97 Å². The minimum Gasteiger partial charge on any atom is -0.468 e. The number of hydrogen-bond acceptors (Lipinski definition) is 4. The Labute approximate surface area is 129 Å². The summed E-state index contributed by atoms with van der Waals surface area (Å²) in [6, 6.07) is 3.93. The van der Waals surface area contributed by atoms with Crippen molar-refractivity contribution in [3.63, 3.8) is 0 Å². The van der Waals surface area contributed by atoms with Gasteiger partial charge in [-0.2, -0.15) is 0 Å². The number of nitrogens with one attached hydrogen (secondary N) is 1. The lowest BCUT2D eigenvalue weighted by molar-refractivity contribution is -0.139. The maximum atomic E-state index is 11.9. The van der Waals surface area contributed by atoms with Crippen molar-refractivity contribution in [3.8, 4) is 0 Å². The van der Waals surface area contributed by atoms with Crippen LogP contribution in [0.25, 0.3) is 0 Å². The van der Waals surface area contributed by atoms with Gasteiger partial charge in [0.1, 0.15) is 4.83 Å². The van der Waals surface area contributed by atoms with E-state index in [1.807, 2.05) is 0 Å². The third-order valence-corrected chi connectivity index (χ3v) is 4.97. The van der Waals surface area contributed by atoms with Gasteiger partial charge in [-0.25, -0.2) is 13.1 Å². The number of esters is 1. The van der Waals surface area contributed by atoms with E-state index in [-0.39, 0.29) is 21.5 Å². The van der Waals surface area contributed by atoms with E-state index in [0.717, 1.165) is 0 Å². The van der Waals surface area contributed by atoms with Gasteiger partial charge in [-0.05, 0) is 18.2 Å². The van der Waals surface area contributed by atoms with Crippen molar-refractivity contribution >= 4 is 55.1 Å². The number of methoxy groups -OCH3 is 1. The summed E-state index contributed by atoms with van der Waals surface area (Å²) in [7, 11) is -2.55. The zero-order valence-electron chi connectivity index (χ0n) is 9.69. The lowest BCUT2D eigenvalue weighted by atomic mass is 10.4. The lowest BCUT2D eigenvalue weighted by Gasteiger charge is -2.10. The number of carbonyl (C=O) groups is 1. The second kappa shape index (κ2) is 6.90. The summed E-state index contributed by atoms with van der Waals surface area (Å²) in [5.74, 6) is -0.572. The number of carbonyl (C=O) groups excluding carboxylic acids is 1. The van der Waals surface area contributed by atoms with Crippen LogP contribution in [0.3, 0.4) is 0 Å². The predicted molar refractivity (Wildman–Crippen MR) is 76.4 cm³/mol. The maximum Gasteiger partial charge on any atom is 0.320 e. The average molecular weight is 391 g/mol. The first-order valence-electron chi connectivity index (χ1n) is 4.94. The second-order valence-electron chi connectivity index (χ2n) is 3.42. The van der Waals surface area contributed by atoms with Crippen molar-refractivity contribution in [3.05, 3.63) is 28.2 Å². The molecule has 0 aliphatic carbocycles. The molecule has 5 nitrogen and oxygen atoms in total. The van der Waals surface area contributed by atoms with Gasteiger partial charge < -0.3 is 4.74 Å². The molecule has 0 saturated carbocycles. The highest BCUT2D eigenvalue weighted by Crippen LogP contribution is 2.24. The summed E-state index contributed by atoms with van der Waals surface area (Å²) in [4.78, 5) is 10.3.